The molecule has 0 unspecified atom stereocenters. The van der Waals surface area contributed by atoms with Gasteiger partial charge in [0.05, 0.1) is 47.7 Å². The quantitative estimate of drug-likeness (QED) is 0.173. The normalized spacial score (nSPS) is 24.3. The van der Waals surface area contributed by atoms with Gasteiger partial charge >= 0.3 is 5.97 Å². The first-order valence-corrected chi connectivity index (χ1v) is 16.3. The molecule has 47 heavy (non-hydrogen) atoms. The summed E-state index contributed by atoms with van der Waals surface area (Å²) in [7, 11) is 0. The van der Waals surface area contributed by atoms with Crippen molar-refractivity contribution in [2.75, 3.05) is 13.3 Å². The lowest BCUT2D eigenvalue weighted by Crippen LogP contribution is -2.44. The summed E-state index contributed by atoms with van der Waals surface area (Å²) in [5.41, 5.74) is 7.70. The minimum Gasteiger partial charge on any atom is -0.458 e. The van der Waals surface area contributed by atoms with Crippen molar-refractivity contribution >= 4 is 28.7 Å². The third-order valence-electron chi connectivity index (χ3n) is 10.5. The molecule has 4 heterocycles. The molecule has 1 fully saturated rings. The van der Waals surface area contributed by atoms with E-state index >= 15 is 4.39 Å². The third-order valence-corrected chi connectivity index (χ3v) is 10.5. The lowest BCUT2D eigenvalue weighted by atomic mass is 9.81. The van der Waals surface area contributed by atoms with E-state index in [0.29, 0.717) is 61.0 Å². The largest absolute Gasteiger partial charge is 0.458 e. The van der Waals surface area contributed by atoms with E-state index in [1.807, 2.05) is 0 Å². The van der Waals surface area contributed by atoms with E-state index in [1.54, 1.807) is 24.5 Å². The number of halogens is 1. The Labute approximate surface area is 269 Å². The number of ether oxygens (including phenoxy) is 2. The second-order valence-corrected chi connectivity index (χ2v) is 13.0. The summed E-state index contributed by atoms with van der Waals surface area (Å²) in [6.45, 7) is 3.31. The maximum Gasteiger partial charge on any atom is 0.343 e. The Balaban J connectivity index is 1.23. The molecule has 13 heteroatoms. The standard InChI is InChI=1S/C34H38FN5O7/c1-3-34(45)22-10-26-30-20(13-40(26)32(43)21(22)14-46-33(34)44)29-24(9-8-19-16(2)23(35)11-25(38-30)28(19)29)39-31(42)17-4-6-18(7-5-17)47-15-37-27(41)12-36/h10-11,17-18,24,45H,3-9,12-15,36H2,1-2H3,(H,37,41)(H,39,42)/t17-,18-,24-,34-/m0/s1. The Morgan fingerprint density at radius 1 is 1.17 bits per heavy atom. The number of carbonyl (C=O) groups excluding carboxylic acids is 3. The molecule has 0 radical (unpaired) electrons. The number of hydrogen-bond acceptors (Lipinski definition) is 9. The van der Waals surface area contributed by atoms with Crippen molar-refractivity contribution in [3.8, 4) is 11.4 Å². The maximum atomic E-state index is 15.2. The topological polar surface area (TPSA) is 175 Å². The van der Waals surface area contributed by atoms with Crippen LogP contribution in [0.1, 0.15) is 84.9 Å². The van der Waals surface area contributed by atoms with Crippen LogP contribution in [0.4, 0.5) is 4.39 Å². The number of aromatic nitrogens is 2. The average Bonchev–Trinajstić information content (AvgIpc) is 3.44. The Morgan fingerprint density at radius 3 is 2.66 bits per heavy atom. The number of fused-ring (bicyclic) bond motifs is 5. The molecular weight excluding hydrogens is 609 g/mol. The van der Waals surface area contributed by atoms with Crippen molar-refractivity contribution in [1.82, 2.24) is 20.2 Å². The highest BCUT2D eigenvalue weighted by molar-refractivity contribution is 5.94. The van der Waals surface area contributed by atoms with Crippen LogP contribution < -0.4 is 21.9 Å². The van der Waals surface area contributed by atoms with Gasteiger partial charge < -0.3 is 35.5 Å². The van der Waals surface area contributed by atoms with E-state index in [-0.39, 0.29) is 79.2 Å². The van der Waals surface area contributed by atoms with Gasteiger partial charge in [-0.25, -0.2) is 14.2 Å². The van der Waals surface area contributed by atoms with Crippen molar-refractivity contribution in [2.24, 2.45) is 11.7 Å². The van der Waals surface area contributed by atoms with Gasteiger partial charge in [-0.2, -0.15) is 0 Å². The van der Waals surface area contributed by atoms with Crippen molar-refractivity contribution < 1.29 is 33.4 Å². The molecule has 4 aliphatic rings. The van der Waals surface area contributed by atoms with E-state index in [9.17, 15) is 24.3 Å². The molecule has 0 spiro atoms. The highest BCUT2D eigenvalue weighted by Crippen LogP contribution is 2.46. The van der Waals surface area contributed by atoms with Crippen LogP contribution in [0.3, 0.4) is 0 Å². The van der Waals surface area contributed by atoms with Crippen LogP contribution in [0.2, 0.25) is 0 Å². The first-order valence-electron chi connectivity index (χ1n) is 16.3. The van der Waals surface area contributed by atoms with Gasteiger partial charge in [0.25, 0.3) is 5.56 Å². The molecule has 1 aromatic carbocycles. The molecule has 0 bridgehead atoms. The summed E-state index contributed by atoms with van der Waals surface area (Å²) >= 11 is 0. The van der Waals surface area contributed by atoms with Crippen LogP contribution in [-0.4, -0.2) is 51.8 Å². The summed E-state index contributed by atoms with van der Waals surface area (Å²) in [6.07, 6.45) is 3.68. The number of carbonyl (C=O) groups is 3. The molecule has 2 aliphatic heterocycles. The fourth-order valence-corrected chi connectivity index (χ4v) is 7.79. The monoisotopic (exact) mass is 647 g/mol. The Morgan fingerprint density at radius 2 is 1.94 bits per heavy atom. The molecule has 0 saturated heterocycles. The zero-order valence-electron chi connectivity index (χ0n) is 26.4. The number of hydrogen-bond donors (Lipinski definition) is 4. The van der Waals surface area contributed by atoms with E-state index in [1.165, 1.54) is 6.07 Å². The highest BCUT2D eigenvalue weighted by atomic mass is 19.1. The van der Waals surface area contributed by atoms with Crippen molar-refractivity contribution in [3.63, 3.8) is 0 Å². The number of amides is 2. The number of nitrogens with one attached hydrogen (secondary N) is 2. The zero-order valence-corrected chi connectivity index (χ0v) is 26.4. The number of rotatable bonds is 7. The minimum atomic E-state index is -1.97. The molecule has 2 aromatic heterocycles. The van der Waals surface area contributed by atoms with Crippen LogP contribution in [-0.2, 0) is 49.0 Å². The van der Waals surface area contributed by atoms with Gasteiger partial charge in [0.2, 0.25) is 11.8 Å². The molecular formula is C34H38FN5O7. The van der Waals surface area contributed by atoms with Crippen LogP contribution in [0.25, 0.3) is 22.3 Å². The SMILES string of the molecule is CC[C@@]1(O)C(=O)OCc2c1cc1n(c2=O)Cc2c-1nc1cc(F)c(C)c3c1c2[C@@H](NC(=O)[C@H]1CC[C@H](OCNC(=O)CN)CC1)CC3. The highest BCUT2D eigenvalue weighted by Gasteiger charge is 2.46. The molecule has 7 rings (SSSR count). The molecule has 5 N–H and O–H groups in total. The molecule has 248 valence electrons. The van der Waals surface area contributed by atoms with Crippen LogP contribution in [0, 0.1) is 18.7 Å². The summed E-state index contributed by atoms with van der Waals surface area (Å²) in [5, 5.41) is 18.0. The van der Waals surface area contributed by atoms with Gasteiger partial charge in [-0.05, 0) is 74.6 Å². The number of nitrogens with zero attached hydrogens (tertiary/aromatic N) is 2. The summed E-state index contributed by atoms with van der Waals surface area (Å²) in [5.74, 6) is -1.76. The average molecular weight is 648 g/mol. The van der Waals surface area contributed by atoms with Crippen LogP contribution in [0.15, 0.2) is 16.9 Å². The number of cyclic esters (lactones) is 1. The van der Waals surface area contributed by atoms with Crippen LogP contribution in [0.5, 0.6) is 0 Å². The van der Waals surface area contributed by atoms with Gasteiger partial charge in [-0.15, -0.1) is 0 Å². The predicted molar refractivity (Wildman–Crippen MR) is 167 cm³/mol. The second kappa shape index (κ2) is 11.8. The van der Waals surface area contributed by atoms with E-state index in [0.717, 1.165) is 22.1 Å². The molecule has 2 amide bonds. The van der Waals surface area contributed by atoms with Gasteiger partial charge in [0.15, 0.2) is 5.60 Å². The Bertz CT molecular complexity index is 1900. The van der Waals surface area contributed by atoms with Crippen molar-refractivity contribution in [1.29, 1.82) is 0 Å². The fourth-order valence-electron chi connectivity index (χ4n) is 7.79. The summed E-state index contributed by atoms with van der Waals surface area (Å²) in [6, 6.07) is 2.65. The third kappa shape index (κ3) is 5.02. The molecule has 12 nitrogen and oxygen atoms in total. The van der Waals surface area contributed by atoms with E-state index in [4.69, 9.17) is 20.2 Å². The van der Waals surface area contributed by atoms with Crippen LogP contribution >= 0.6 is 0 Å². The van der Waals surface area contributed by atoms with Gasteiger partial charge in [-0.3, -0.25) is 14.4 Å². The number of esters is 1. The predicted octanol–water partition coefficient (Wildman–Crippen LogP) is 2.24. The lowest BCUT2D eigenvalue weighted by Gasteiger charge is -2.32. The van der Waals surface area contributed by atoms with Crippen molar-refractivity contribution in [2.45, 2.75) is 89.7 Å². The van der Waals surface area contributed by atoms with E-state index in [2.05, 4.69) is 10.6 Å². The van der Waals surface area contributed by atoms with Gasteiger partial charge in [-0.1, -0.05) is 6.92 Å². The number of benzene rings is 1. The Kier molecular flexibility index (Phi) is 7.88. The fraction of sp³-hybridized carbons (Fsp3) is 0.500. The summed E-state index contributed by atoms with van der Waals surface area (Å²) < 4.78 is 27.7. The first kappa shape index (κ1) is 31.4. The van der Waals surface area contributed by atoms with Gasteiger partial charge in [0.1, 0.15) is 19.2 Å². The molecule has 3 aromatic rings. The van der Waals surface area contributed by atoms with Gasteiger partial charge in [0, 0.05) is 28.5 Å². The lowest BCUT2D eigenvalue weighted by molar-refractivity contribution is -0.172. The second-order valence-electron chi connectivity index (χ2n) is 13.0. The molecule has 2 aliphatic carbocycles. The smallest absolute Gasteiger partial charge is 0.343 e. The number of nitrogens with two attached hydrogens (primary N) is 1. The molecule has 1 saturated carbocycles. The maximum absolute atomic E-state index is 15.2. The number of aliphatic hydroxyl groups is 1. The zero-order chi connectivity index (χ0) is 33.2. The first-order chi connectivity index (χ1) is 22.5. The minimum absolute atomic E-state index is 0.0197. The number of aryl methyl sites for hydroxylation is 1. The van der Waals surface area contributed by atoms with Crippen molar-refractivity contribution in [3.05, 3.63) is 61.7 Å². The van der Waals surface area contributed by atoms with E-state index < -0.39 is 17.6 Å². The number of pyridine rings is 2. The molecule has 2 atom stereocenters. The summed E-state index contributed by atoms with van der Waals surface area (Å²) in [4.78, 5) is 56.5. The Hall–Kier alpha value is -4.20.